The van der Waals surface area contributed by atoms with Crippen LogP contribution in [0.3, 0.4) is 0 Å². The second-order valence-corrected chi connectivity index (χ2v) is 10.1. The number of carbonyl (C=O) groups excluding carboxylic acids is 3. The zero-order valence-electron chi connectivity index (χ0n) is 19.1. The van der Waals surface area contributed by atoms with E-state index in [-0.39, 0.29) is 28.4 Å². The van der Waals surface area contributed by atoms with Gasteiger partial charge in [0.2, 0.25) is 11.6 Å². The fourth-order valence-corrected chi connectivity index (χ4v) is 5.49. The minimum atomic E-state index is -1.12. The lowest BCUT2D eigenvalue weighted by atomic mass is 9.69. The van der Waals surface area contributed by atoms with Gasteiger partial charge in [0.1, 0.15) is 5.69 Å². The number of aromatic nitrogens is 1. The van der Waals surface area contributed by atoms with E-state index in [4.69, 9.17) is 11.6 Å². The standard InChI is InChI=1S/C25H25ClF2N2O5/c1-25(8-6-13(7-9-25)24(34)35)12-18(31)22(32)21-20(26)19(17-3-2-10-30(17)21)23(33)29-14-4-5-15(27)16(28)11-14/h4-5,11,13H,2-3,6-10,12H2,1H3,(H,29,33)(H,34,35). The summed E-state index contributed by atoms with van der Waals surface area (Å²) < 4.78 is 28.3. The van der Waals surface area contributed by atoms with Gasteiger partial charge in [-0.1, -0.05) is 18.5 Å². The second-order valence-electron chi connectivity index (χ2n) is 9.67. The Balaban J connectivity index is 1.55. The SMILES string of the molecule is CC1(CC(=O)C(=O)c2c(Cl)c(C(=O)Nc3ccc(F)c(F)c3)c3n2CCC3)CCC(C(=O)O)CC1. The molecule has 1 aliphatic heterocycles. The molecule has 0 bridgehead atoms. The minimum Gasteiger partial charge on any atom is -0.481 e. The number of aliphatic carboxylic acids is 1. The number of Topliss-reactive ketones (excluding diaryl/α,β-unsaturated/α-hetero) is 2. The number of ketones is 2. The van der Waals surface area contributed by atoms with Gasteiger partial charge in [0.05, 0.1) is 16.5 Å². The summed E-state index contributed by atoms with van der Waals surface area (Å²) >= 11 is 6.48. The molecule has 1 aliphatic carbocycles. The summed E-state index contributed by atoms with van der Waals surface area (Å²) in [5, 5.41) is 11.5. The molecule has 0 saturated heterocycles. The molecule has 2 N–H and O–H groups in total. The number of nitrogens with one attached hydrogen (secondary N) is 1. The van der Waals surface area contributed by atoms with Crippen LogP contribution in [0, 0.1) is 23.0 Å². The molecule has 1 fully saturated rings. The lowest BCUT2D eigenvalue weighted by Gasteiger charge is -2.35. The Hall–Kier alpha value is -3.07. The third kappa shape index (κ3) is 4.87. The maximum absolute atomic E-state index is 13.5. The van der Waals surface area contributed by atoms with Crippen LogP contribution in [0.15, 0.2) is 18.2 Å². The molecule has 1 amide bonds. The highest BCUT2D eigenvalue weighted by atomic mass is 35.5. The molecule has 2 heterocycles. The summed E-state index contributed by atoms with van der Waals surface area (Å²) in [4.78, 5) is 50.4. The van der Waals surface area contributed by atoms with E-state index in [9.17, 15) is 33.1 Å². The van der Waals surface area contributed by atoms with Gasteiger partial charge >= 0.3 is 5.97 Å². The van der Waals surface area contributed by atoms with E-state index in [0.29, 0.717) is 50.8 Å². The van der Waals surface area contributed by atoms with Crippen LogP contribution in [0.25, 0.3) is 0 Å². The van der Waals surface area contributed by atoms with E-state index in [1.807, 2.05) is 6.92 Å². The molecule has 1 aromatic carbocycles. The Kier molecular flexibility index (Phi) is 6.81. The third-order valence-corrected chi connectivity index (χ3v) is 7.48. The van der Waals surface area contributed by atoms with Crippen molar-refractivity contribution < 1.29 is 33.1 Å². The Morgan fingerprint density at radius 3 is 2.49 bits per heavy atom. The molecule has 7 nitrogen and oxygen atoms in total. The molecule has 2 aromatic rings. The largest absolute Gasteiger partial charge is 0.481 e. The number of nitrogens with zero attached hydrogens (tertiary/aromatic N) is 1. The molecule has 4 rings (SSSR count). The molecule has 1 aromatic heterocycles. The lowest BCUT2D eigenvalue weighted by molar-refractivity contribution is -0.143. The van der Waals surface area contributed by atoms with E-state index in [0.717, 1.165) is 12.1 Å². The molecular weight excluding hydrogens is 482 g/mol. The van der Waals surface area contributed by atoms with Gasteiger partial charge in [-0.15, -0.1) is 0 Å². The summed E-state index contributed by atoms with van der Waals surface area (Å²) in [6.07, 6.45) is 3.02. The molecule has 2 aliphatic rings. The van der Waals surface area contributed by atoms with E-state index < -0.39 is 46.4 Å². The number of fused-ring (bicyclic) bond motifs is 1. The minimum absolute atomic E-state index is 0.0248. The normalized spacial score (nSPS) is 21.4. The van der Waals surface area contributed by atoms with Crippen LogP contribution in [-0.2, 0) is 22.6 Å². The van der Waals surface area contributed by atoms with Crippen LogP contribution >= 0.6 is 11.6 Å². The summed E-state index contributed by atoms with van der Waals surface area (Å²) in [5.41, 5.74) is 0.0511. The molecule has 35 heavy (non-hydrogen) atoms. The number of carbonyl (C=O) groups is 4. The molecular formula is C25H25ClF2N2O5. The topological polar surface area (TPSA) is 105 Å². The van der Waals surface area contributed by atoms with E-state index in [1.165, 1.54) is 6.07 Å². The zero-order chi connectivity index (χ0) is 25.5. The monoisotopic (exact) mass is 506 g/mol. The first-order valence-electron chi connectivity index (χ1n) is 11.5. The predicted molar refractivity (Wildman–Crippen MR) is 124 cm³/mol. The fraction of sp³-hybridized carbons (Fsp3) is 0.440. The van der Waals surface area contributed by atoms with E-state index in [1.54, 1.807) is 4.57 Å². The maximum atomic E-state index is 13.5. The number of benzene rings is 1. The van der Waals surface area contributed by atoms with Crippen molar-refractivity contribution >= 4 is 40.7 Å². The molecule has 10 heteroatoms. The highest BCUT2D eigenvalue weighted by Crippen LogP contribution is 2.42. The second kappa shape index (κ2) is 9.53. The summed E-state index contributed by atoms with van der Waals surface area (Å²) in [6.45, 7) is 2.29. The van der Waals surface area contributed by atoms with Gasteiger partial charge in [0, 0.05) is 30.4 Å². The molecule has 1 saturated carbocycles. The first-order chi connectivity index (χ1) is 16.5. The van der Waals surface area contributed by atoms with Gasteiger partial charge in [-0.3, -0.25) is 19.2 Å². The van der Waals surface area contributed by atoms with Crippen LogP contribution in [0.1, 0.15) is 72.0 Å². The number of hydrogen-bond acceptors (Lipinski definition) is 4. The van der Waals surface area contributed by atoms with Gasteiger partial charge in [0.15, 0.2) is 11.6 Å². The fourth-order valence-electron chi connectivity index (χ4n) is 5.10. The number of halogens is 3. The number of hydrogen-bond donors (Lipinski definition) is 2. The number of anilines is 1. The van der Waals surface area contributed by atoms with E-state index >= 15 is 0 Å². The number of carboxylic acids is 1. The highest BCUT2D eigenvalue weighted by molar-refractivity contribution is 6.48. The Morgan fingerprint density at radius 2 is 1.86 bits per heavy atom. The highest BCUT2D eigenvalue weighted by Gasteiger charge is 2.39. The van der Waals surface area contributed by atoms with Gasteiger partial charge in [-0.05, 0) is 56.1 Å². The average Bonchev–Trinajstić information content (AvgIpc) is 3.35. The third-order valence-electron chi connectivity index (χ3n) is 7.11. The molecule has 0 spiro atoms. The van der Waals surface area contributed by atoms with Crippen LogP contribution < -0.4 is 5.32 Å². The van der Waals surface area contributed by atoms with Gasteiger partial charge in [-0.25, -0.2) is 8.78 Å². The molecule has 0 unspecified atom stereocenters. The molecule has 0 atom stereocenters. The molecule has 186 valence electrons. The maximum Gasteiger partial charge on any atom is 0.306 e. The average molecular weight is 507 g/mol. The van der Waals surface area contributed by atoms with Crippen molar-refractivity contribution in [3.63, 3.8) is 0 Å². The van der Waals surface area contributed by atoms with Gasteiger partial charge in [-0.2, -0.15) is 0 Å². The van der Waals surface area contributed by atoms with Crippen molar-refractivity contribution in [1.29, 1.82) is 0 Å². The van der Waals surface area contributed by atoms with Crippen LogP contribution in [0.2, 0.25) is 5.02 Å². The van der Waals surface area contributed by atoms with E-state index in [2.05, 4.69) is 5.32 Å². The summed E-state index contributed by atoms with van der Waals surface area (Å²) in [5.74, 6) is -5.57. The predicted octanol–water partition coefficient (Wildman–Crippen LogP) is 5.04. The summed E-state index contributed by atoms with van der Waals surface area (Å²) in [7, 11) is 0. The van der Waals surface area contributed by atoms with Gasteiger partial charge in [0.25, 0.3) is 5.91 Å². The summed E-state index contributed by atoms with van der Waals surface area (Å²) in [6, 6.07) is 2.93. The lowest BCUT2D eigenvalue weighted by Crippen LogP contribution is -2.32. The smallest absolute Gasteiger partial charge is 0.306 e. The van der Waals surface area contributed by atoms with Crippen molar-refractivity contribution in [2.24, 2.45) is 11.3 Å². The Labute approximate surface area is 205 Å². The van der Waals surface area contributed by atoms with Crippen molar-refractivity contribution in [2.75, 3.05) is 5.32 Å². The number of carboxylic acid groups (broad SMARTS) is 1. The van der Waals surface area contributed by atoms with Crippen molar-refractivity contribution in [3.8, 4) is 0 Å². The van der Waals surface area contributed by atoms with Crippen LogP contribution in [0.4, 0.5) is 14.5 Å². The Bertz CT molecular complexity index is 1230. The van der Waals surface area contributed by atoms with Crippen molar-refractivity contribution in [1.82, 2.24) is 4.57 Å². The first-order valence-corrected chi connectivity index (χ1v) is 11.9. The van der Waals surface area contributed by atoms with Gasteiger partial charge < -0.3 is 15.0 Å². The van der Waals surface area contributed by atoms with Crippen molar-refractivity contribution in [3.05, 3.63) is 51.8 Å². The first kappa shape index (κ1) is 25.0. The molecule has 0 radical (unpaired) electrons. The Morgan fingerprint density at radius 1 is 1.17 bits per heavy atom. The number of amides is 1. The quantitative estimate of drug-likeness (QED) is 0.404. The number of rotatable bonds is 7. The van der Waals surface area contributed by atoms with Crippen LogP contribution in [-0.4, -0.2) is 33.1 Å². The van der Waals surface area contributed by atoms with Crippen LogP contribution in [0.5, 0.6) is 0 Å². The van der Waals surface area contributed by atoms with Crippen molar-refractivity contribution in [2.45, 2.75) is 58.4 Å². The zero-order valence-corrected chi connectivity index (χ0v) is 19.9.